The Hall–Kier alpha value is -2.21. The molecular weight excluding hydrogens is 371 g/mol. The van der Waals surface area contributed by atoms with Crippen LogP contribution in [-0.4, -0.2) is 54.5 Å². The van der Waals surface area contributed by atoms with Crippen molar-refractivity contribution in [3.05, 3.63) is 41.3 Å². The van der Waals surface area contributed by atoms with Crippen molar-refractivity contribution in [3.8, 4) is 0 Å². The molecule has 5 nitrogen and oxygen atoms in total. The predicted molar refractivity (Wildman–Crippen MR) is 110 cm³/mol. The van der Waals surface area contributed by atoms with Crippen LogP contribution in [0.1, 0.15) is 51.5 Å². The summed E-state index contributed by atoms with van der Waals surface area (Å²) in [6, 6.07) is 5.84. The van der Waals surface area contributed by atoms with Gasteiger partial charge in [-0.25, -0.2) is 4.39 Å². The number of halogens is 1. The predicted octanol–water partition coefficient (Wildman–Crippen LogP) is 3.84. The normalized spacial score (nSPS) is 20.2. The first-order chi connectivity index (χ1) is 14.0. The number of unbranched alkanes of at least 4 members (excludes halogenated alkanes) is 1. The van der Waals surface area contributed by atoms with Gasteiger partial charge in [-0.05, 0) is 49.3 Å². The highest BCUT2D eigenvalue weighted by atomic mass is 19.1. The number of likely N-dealkylation sites (tertiary alicyclic amines) is 1. The lowest BCUT2D eigenvalue weighted by Crippen LogP contribution is -2.39. The van der Waals surface area contributed by atoms with E-state index < -0.39 is 0 Å². The third-order valence-corrected chi connectivity index (χ3v) is 5.56. The first kappa shape index (κ1) is 21.5. The van der Waals surface area contributed by atoms with Gasteiger partial charge in [0.15, 0.2) is 0 Å². The van der Waals surface area contributed by atoms with Crippen molar-refractivity contribution < 1.29 is 18.7 Å². The van der Waals surface area contributed by atoms with Gasteiger partial charge in [0.2, 0.25) is 0 Å². The van der Waals surface area contributed by atoms with Crippen LogP contribution < -0.4 is 0 Å². The Morgan fingerprint density at radius 2 is 1.83 bits per heavy atom. The number of hydrogen-bond acceptors (Lipinski definition) is 4. The van der Waals surface area contributed by atoms with Crippen molar-refractivity contribution in [2.24, 2.45) is 5.92 Å². The fourth-order valence-corrected chi connectivity index (χ4v) is 4.00. The van der Waals surface area contributed by atoms with Crippen LogP contribution in [0.4, 0.5) is 4.39 Å². The molecule has 6 heteroatoms. The second kappa shape index (κ2) is 10.0. The van der Waals surface area contributed by atoms with Gasteiger partial charge in [-0.3, -0.25) is 14.5 Å². The molecule has 2 amide bonds. The number of hydrogen-bond donors (Lipinski definition) is 0. The molecule has 29 heavy (non-hydrogen) atoms. The quantitative estimate of drug-likeness (QED) is 0.465. The van der Waals surface area contributed by atoms with Gasteiger partial charge < -0.3 is 9.64 Å². The average Bonchev–Trinajstić information content (AvgIpc) is 2.95. The molecule has 2 aliphatic heterocycles. The summed E-state index contributed by atoms with van der Waals surface area (Å²) in [4.78, 5) is 29.8. The van der Waals surface area contributed by atoms with Gasteiger partial charge >= 0.3 is 0 Å². The number of ether oxygens (including phenoxy) is 1. The van der Waals surface area contributed by atoms with E-state index in [4.69, 9.17) is 4.74 Å². The van der Waals surface area contributed by atoms with Gasteiger partial charge in [-0.1, -0.05) is 32.4 Å². The Morgan fingerprint density at radius 3 is 2.52 bits per heavy atom. The molecule has 0 N–H and O–H groups in total. The number of piperidine rings is 1. The monoisotopic (exact) mass is 402 g/mol. The smallest absolute Gasteiger partial charge is 0.277 e. The molecule has 0 radical (unpaired) electrons. The van der Waals surface area contributed by atoms with Gasteiger partial charge in [-0.2, -0.15) is 0 Å². The third kappa shape index (κ3) is 5.04. The molecule has 0 spiro atoms. The molecule has 2 heterocycles. The minimum atomic E-state index is -0.361. The molecule has 1 unspecified atom stereocenters. The zero-order valence-corrected chi connectivity index (χ0v) is 17.5. The average molecular weight is 403 g/mol. The summed E-state index contributed by atoms with van der Waals surface area (Å²) in [7, 11) is 0. The van der Waals surface area contributed by atoms with Crippen LogP contribution in [-0.2, 0) is 14.3 Å². The van der Waals surface area contributed by atoms with E-state index in [-0.39, 0.29) is 17.6 Å². The minimum absolute atomic E-state index is 0.239. The maximum absolute atomic E-state index is 13.4. The van der Waals surface area contributed by atoms with Crippen molar-refractivity contribution in [1.29, 1.82) is 0 Å². The lowest BCUT2D eigenvalue weighted by atomic mass is 9.98. The van der Waals surface area contributed by atoms with Crippen LogP contribution in [0.2, 0.25) is 0 Å². The molecule has 1 atom stereocenters. The number of carbonyl (C=O) groups is 2. The van der Waals surface area contributed by atoms with E-state index in [0.717, 1.165) is 38.8 Å². The Kier molecular flexibility index (Phi) is 7.42. The van der Waals surface area contributed by atoms with Crippen LogP contribution in [0.5, 0.6) is 0 Å². The maximum atomic E-state index is 13.4. The highest BCUT2D eigenvalue weighted by Crippen LogP contribution is 2.34. The molecule has 158 valence electrons. The van der Waals surface area contributed by atoms with Crippen molar-refractivity contribution in [2.45, 2.75) is 46.0 Å². The first-order valence-corrected chi connectivity index (χ1v) is 10.7. The zero-order chi connectivity index (χ0) is 20.8. The topological polar surface area (TPSA) is 49.9 Å². The maximum Gasteiger partial charge on any atom is 0.277 e. The van der Waals surface area contributed by atoms with E-state index in [1.165, 1.54) is 17.0 Å². The van der Waals surface area contributed by atoms with Crippen LogP contribution in [0, 0.1) is 11.7 Å². The molecule has 2 aliphatic rings. The standard InChI is InChI=1S/C23H31FN2O3/c1-3-4-14-29-15-6-13-26-22(27)20(18-8-10-19(24)11-9-18)21(23(26)28)25-12-5-7-17(2)16-25/h8-11,17H,3-7,12-16H2,1-2H3. The number of benzene rings is 1. The molecule has 1 aromatic rings. The van der Waals surface area contributed by atoms with Crippen LogP contribution in [0.25, 0.3) is 5.57 Å². The van der Waals surface area contributed by atoms with Gasteiger partial charge in [0, 0.05) is 32.8 Å². The number of amides is 2. The number of rotatable bonds is 9. The van der Waals surface area contributed by atoms with Crippen LogP contribution in [0.3, 0.4) is 0 Å². The molecule has 0 saturated carbocycles. The van der Waals surface area contributed by atoms with E-state index in [1.807, 2.05) is 4.90 Å². The number of imide groups is 1. The van der Waals surface area contributed by atoms with E-state index in [2.05, 4.69) is 13.8 Å². The fraction of sp³-hybridized carbons (Fsp3) is 0.565. The summed E-state index contributed by atoms with van der Waals surface area (Å²) < 4.78 is 19.0. The Morgan fingerprint density at radius 1 is 1.10 bits per heavy atom. The third-order valence-electron chi connectivity index (χ3n) is 5.56. The molecule has 1 aromatic carbocycles. The Bertz CT molecular complexity index is 760. The summed E-state index contributed by atoms with van der Waals surface area (Å²) in [6.07, 6.45) is 4.81. The molecule has 0 bridgehead atoms. The van der Waals surface area contributed by atoms with E-state index in [1.54, 1.807) is 12.1 Å². The summed E-state index contributed by atoms with van der Waals surface area (Å²) in [5.74, 6) is -0.421. The SMILES string of the molecule is CCCCOCCCN1C(=O)C(c2ccc(F)cc2)=C(N2CCCC(C)C2)C1=O. The molecule has 0 aromatic heterocycles. The molecule has 3 rings (SSSR count). The number of carbonyl (C=O) groups excluding carboxylic acids is 2. The van der Waals surface area contributed by atoms with Gasteiger partial charge in [0.25, 0.3) is 11.8 Å². The molecule has 1 saturated heterocycles. The molecule has 0 aliphatic carbocycles. The summed E-state index contributed by atoms with van der Waals surface area (Å²) in [5, 5.41) is 0. The van der Waals surface area contributed by atoms with Crippen molar-refractivity contribution >= 4 is 17.4 Å². The van der Waals surface area contributed by atoms with Gasteiger partial charge in [0.1, 0.15) is 11.5 Å². The zero-order valence-electron chi connectivity index (χ0n) is 17.5. The highest BCUT2D eigenvalue weighted by molar-refractivity contribution is 6.35. The summed E-state index contributed by atoms with van der Waals surface area (Å²) >= 11 is 0. The van der Waals surface area contributed by atoms with Crippen molar-refractivity contribution in [1.82, 2.24) is 9.80 Å². The van der Waals surface area contributed by atoms with Gasteiger partial charge in [0.05, 0.1) is 5.57 Å². The van der Waals surface area contributed by atoms with E-state index in [9.17, 15) is 14.0 Å². The Labute approximate surface area is 172 Å². The fourth-order valence-electron chi connectivity index (χ4n) is 4.00. The first-order valence-electron chi connectivity index (χ1n) is 10.7. The van der Waals surface area contributed by atoms with Crippen molar-refractivity contribution in [2.75, 3.05) is 32.8 Å². The summed E-state index contributed by atoms with van der Waals surface area (Å²) in [6.45, 7) is 7.35. The Balaban J connectivity index is 1.80. The second-order valence-corrected chi connectivity index (χ2v) is 8.01. The molecular formula is C23H31FN2O3. The highest BCUT2D eigenvalue weighted by Gasteiger charge is 2.41. The second-order valence-electron chi connectivity index (χ2n) is 8.01. The van der Waals surface area contributed by atoms with E-state index in [0.29, 0.717) is 48.9 Å². The largest absolute Gasteiger partial charge is 0.381 e. The van der Waals surface area contributed by atoms with E-state index >= 15 is 0 Å². The number of nitrogens with zero attached hydrogens (tertiary/aromatic N) is 2. The minimum Gasteiger partial charge on any atom is -0.381 e. The van der Waals surface area contributed by atoms with Crippen molar-refractivity contribution in [3.63, 3.8) is 0 Å². The lowest BCUT2D eigenvalue weighted by molar-refractivity contribution is -0.137. The van der Waals surface area contributed by atoms with Gasteiger partial charge in [-0.15, -0.1) is 0 Å². The lowest BCUT2D eigenvalue weighted by Gasteiger charge is -2.33. The van der Waals surface area contributed by atoms with Crippen LogP contribution in [0.15, 0.2) is 30.0 Å². The summed E-state index contributed by atoms with van der Waals surface area (Å²) in [5.41, 5.74) is 1.47. The molecule has 1 fully saturated rings. The van der Waals surface area contributed by atoms with Crippen LogP contribution >= 0.6 is 0 Å².